The number of aryl methyl sites for hydroxylation is 2. The van der Waals surface area contributed by atoms with Gasteiger partial charge < -0.3 is 5.73 Å². The first-order valence-corrected chi connectivity index (χ1v) is 4.59. The molecule has 1 aromatic carbocycles. The second-order valence-corrected chi connectivity index (χ2v) is 2.54. The Kier molecular flexibility index (Phi) is 5.18. The molecule has 0 aliphatic heterocycles. The summed E-state index contributed by atoms with van der Waals surface area (Å²) in [5.41, 5.74) is 9.07. The maximum absolute atomic E-state index is 5.70. The molecule has 0 saturated carbocycles. The Labute approximate surface area is 75.6 Å². The molecule has 0 aromatic heterocycles. The number of rotatable bonds is 1. The van der Waals surface area contributed by atoms with Crippen molar-refractivity contribution in [3.05, 3.63) is 29.3 Å². The van der Waals surface area contributed by atoms with Gasteiger partial charge in [0.05, 0.1) is 0 Å². The second kappa shape index (κ2) is 5.64. The van der Waals surface area contributed by atoms with Crippen LogP contribution in [0.4, 0.5) is 5.69 Å². The molecule has 0 spiro atoms. The summed E-state index contributed by atoms with van der Waals surface area (Å²) in [5.74, 6) is 0. The molecule has 0 bridgehead atoms. The molecule has 1 rings (SSSR count). The van der Waals surface area contributed by atoms with Crippen molar-refractivity contribution in [2.75, 3.05) is 5.73 Å². The molecule has 68 valence electrons. The Morgan fingerprint density at radius 1 is 1.25 bits per heavy atom. The van der Waals surface area contributed by atoms with Gasteiger partial charge in [0.1, 0.15) is 0 Å². The van der Waals surface area contributed by atoms with Crippen molar-refractivity contribution < 1.29 is 0 Å². The normalized spacial score (nSPS) is 8.67. The maximum Gasteiger partial charge on any atom is 0.0346 e. The summed E-state index contributed by atoms with van der Waals surface area (Å²) < 4.78 is 0. The lowest BCUT2D eigenvalue weighted by molar-refractivity contribution is 1.14. The zero-order valence-electron chi connectivity index (χ0n) is 8.52. The lowest BCUT2D eigenvalue weighted by Gasteiger charge is -2.01. The molecule has 2 N–H and O–H groups in total. The summed E-state index contributed by atoms with van der Waals surface area (Å²) in [5, 5.41) is 0. The minimum absolute atomic E-state index is 0.902. The Balaban J connectivity index is 0.000000561. The first-order valence-electron chi connectivity index (χ1n) is 4.59. The summed E-state index contributed by atoms with van der Waals surface area (Å²) in [6.45, 7) is 8.15. The average Bonchev–Trinajstić information content (AvgIpc) is 2.13. The summed E-state index contributed by atoms with van der Waals surface area (Å²) in [4.78, 5) is 0. The molecule has 0 aliphatic carbocycles. The minimum Gasteiger partial charge on any atom is -0.399 e. The van der Waals surface area contributed by atoms with Gasteiger partial charge in [-0.3, -0.25) is 0 Å². The van der Waals surface area contributed by atoms with Crippen LogP contribution in [0.15, 0.2) is 18.2 Å². The number of anilines is 1. The van der Waals surface area contributed by atoms with Gasteiger partial charge in [0.2, 0.25) is 0 Å². The summed E-state index contributed by atoms with van der Waals surface area (Å²) in [6.07, 6.45) is 1.06. The third kappa shape index (κ3) is 2.95. The van der Waals surface area contributed by atoms with E-state index in [2.05, 4.69) is 19.1 Å². The standard InChI is InChI=1S/C9H13N.C2H6/c1-3-8-5-4-7(2)9(10)6-8;1-2/h4-6H,3,10H2,1-2H3;1-2H3. The number of benzene rings is 1. The van der Waals surface area contributed by atoms with Crippen LogP contribution >= 0.6 is 0 Å². The van der Waals surface area contributed by atoms with E-state index in [1.165, 1.54) is 5.56 Å². The van der Waals surface area contributed by atoms with E-state index in [-0.39, 0.29) is 0 Å². The molecular formula is C11H19N. The quantitative estimate of drug-likeness (QED) is 0.635. The highest BCUT2D eigenvalue weighted by molar-refractivity contribution is 5.48. The van der Waals surface area contributed by atoms with Gasteiger partial charge >= 0.3 is 0 Å². The van der Waals surface area contributed by atoms with Crippen LogP contribution in [0.5, 0.6) is 0 Å². The van der Waals surface area contributed by atoms with E-state index in [1.807, 2.05) is 26.8 Å². The third-order valence-electron chi connectivity index (χ3n) is 1.75. The van der Waals surface area contributed by atoms with Gasteiger partial charge in [-0.25, -0.2) is 0 Å². The molecule has 0 heterocycles. The van der Waals surface area contributed by atoms with E-state index in [0.717, 1.165) is 17.7 Å². The van der Waals surface area contributed by atoms with Crippen molar-refractivity contribution in [1.29, 1.82) is 0 Å². The SMILES string of the molecule is CC.CCc1ccc(C)c(N)c1. The highest BCUT2D eigenvalue weighted by Gasteiger charge is 1.92. The molecule has 0 radical (unpaired) electrons. The molecule has 1 aromatic rings. The van der Waals surface area contributed by atoms with Gasteiger partial charge in [-0.1, -0.05) is 32.9 Å². The summed E-state index contributed by atoms with van der Waals surface area (Å²) in [7, 11) is 0. The molecule has 0 atom stereocenters. The van der Waals surface area contributed by atoms with E-state index >= 15 is 0 Å². The number of hydrogen-bond donors (Lipinski definition) is 1. The lowest BCUT2D eigenvalue weighted by Crippen LogP contribution is -1.90. The van der Waals surface area contributed by atoms with E-state index < -0.39 is 0 Å². The van der Waals surface area contributed by atoms with Crippen LogP contribution < -0.4 is 5.73 Å². The predicted molar refractivity (Wildman–Crippen MR) is 56.3 cm³/mol. The van der Waals surface area contributed by atoms with Crippen molar-refractivity contribution >= 4 is 5.69 Å². The fourth-order valence-corrected chi connectivity index (χ4v) is 0.910. The van der Waals surface area contributed by atoms with Crippen LogP contribution in [0, 0.1) is 6.92 Å². The predicted octanol–water partition coefficient (Wildman–Crippen LogP) is 3.17. The maximum atomic E-state index is 5.70. The Morgan fingerprint density at radius 3 is 2.25 bits per heavy atom. The highest BCUT2D eigenvalue weighted by Crippen LogP contribution is 2.12. The molecule has 0 amide bonds. The largest absolute Gasteiger partial charge is 0.399 e. The summed E-state index contributed by atoms with van der Waals surface area (Å²) in [6, 6.07) is 6.22. The van der Waals surface area contributed by atoms with Crippen molar-refractivity contribution in [2.24, 2.45) is 0 Å². The molecule has 0 aliphatic rings. The van der Waals surface area contributed by atoms with E-state index in [0.29, 0.717) is 0 Å². The van der Waals surface area contributed by atoms with E-state index in [4.69, 9.17) is 5.73 Å². The molecule has 0 saturated heterocycles. The molecule has 1 heteroatoms. The van der Waals surface area contributed by atoms with Crippen molar-refractivity contribution in [3.63, 3.8) is 0 Å². The minimum atomic E-state index is 0.902. The molecule has 0 unspecified atom stereocenters. The van der Waals surface area contributed by atoms with Gasteiger partial charge in [-0.2, -0.15) is 0 Å². The molecular weight excluding hydrogens is 146 g/mol. The zero-order valence-corrected chi connectivity index (χ0v) is 8.52. The molecule has 0 fully saturated rings. The topological polar surface area (TPSA) is 26.0 Å². The Hall–Kier alpha value is -0.980. The smallest absolute Gasteiger partial charge is 0.0346 e. The fourth-order valence-electron chi connectivity index (χ4n) is 0.910. The highest BCUT2D eigenvalue weighted by atomic mass is 14.5. The van der Waals surface area contributed by atoms with Gasteiger partial charge in [-0.05, 0) is 30.5 Å². The first-order chi connectivity index (χ1) is 5.74. The van der Waals surface area contributed by atoms with Crippen LogP contribution in [0.1, 0.15) is 31.9 Å². The number of hydrogen-bond acceptors (Lipinski definition) is 1. The van der Waals surface area contributed by atoms with Crippen molar-refractivity contribution in [1.82, 2.24) is 0 Å². The van der Waals surface area contributed by atoms with Gasteiger partial charge in [0.15, 0.2) is 0 Å². The van der Waals surface area contributed by atoms with Gasteiger partial charge in [-0.15, -0.1) is 0 Å². The number of nitrogen functional groups attached to an aromatic ring is 1. The summed E-state index contributed by atoms with van der Waals surface area (Å²) >= 11 is 0. The van der Waals surface area contributed by atoms with Gasteiger partial charge in [0, 0.05) is 5.69 Å². The van der Waals surface area contributed by atoms with E-state index in [1.54, 1.807) is 0 Å². The third-order valence-corrected chi connectivity index (χ3v) is 1.75. The molecule has 1 nitrogen and oxygen atoms in total. The number of nitrogens with two attached hydrogens (primary N) is 1. The van der Waals surface area contributed by atoms with Gasteiger partial charge in [0.25, 0.3) is 0 Å². The Morgan fingerprint density at radius 2 is 1.83 bits per heavy atom. The van der Waals surface area contributed by atoms with Crippen LogP contribution in [-0.4, -0.2) is 0 Å². The van der Waals surface area contributed by atoms with Crippen molar-refractivity contribution in [3.8, 4) is 0 Å². The molecule has 12 heavy (non-hydrogen) atoms. The monoisotopic (exact) mass is 165 g/mol. The van der Waals surface area contributed by atoms with Crippen LogP contribution in [-0.2, 0) is 6.42 Å². The van der Waals surface area contributed by atoms with E-state index in [9.17, 15) is 0 Å². The van der Waals surface area contributed by atoms with Crippen LogP contribution in [0.25, 0.3) is 0 Å². The van der Waals surface area contributed by atoms with Crippen LogP contribution in [0.2, 0.25) is 0 Å². The van der Waals surface area contributed by atoms with Crippen molar-refractivity contribution in [2.45, 2.75) is 34.1 Å². The first kappa shape index (κ1) is 11.0. The zero-order chi connectivity index (χ0) is 9.56. The second-order valence-electron chi connectivity index (χ2n) is 2.54. The Bertz CT molecular complexity index is 228. The lowest BCUT2D eigenvalue weighted by atomic mass is 10.1. The van der Waals surface area contributed by atoms with Crippen LogP contribution in [0.3, 0.4) is 0 Å². The fraction of sp³-hybridized carbons (Fsp3) is 0.455. The average molecular weight is 165 g/mol.